The third-order valence-electron chi connectivity index (χ3n) is 4.16. The molecule has 0 amide bonds. The maximum Gasteiger partial charge on any atom is 0.491 e. The molecule has 3 nitrogen and oxygen atoms in total. The number of thiol groups is 1. The predicted molar refractivity (Wildman–Crippen MR) is 91.7 cm³/mol. The minimum atomic E-state index is -0.328. The van der Waals surface area contributed by atoms with Crippen LogP contribution in [0.4, 0.5) is 0 Å². The van der Waals surface area contributed by atoms with Crippen molar-refractivity contribution in [1.29, 1.82) is 0 Å². The van der Waals surface area contributed by atoms with Crippen molar-refractivity contribution in [3.8, 4) is 0 Å². The van der Waals surface area contributed by atoms with Gasteiger partial charge < -0.3 is 14.6 Å². The Balaban J connectivity index is 2.28. The Labute approximate surface area is 133 Å². The predicted octanol–water partition coefficient (Wildman–Crippen LogP) is 3.21. The van der Waals surface area contributed by atoms with Gasteiger partial charge in [0.25, 0.3) is 0 Å². The van der Waals surface area contributed by atoms with Crippen molar-refractivity contribution in [2.45, 2.75) is 43.8 Å². The summed E-state index contributed by atoms with van der Waals surface area (Å²) >= 11 is 4.39. The molecule has 1 aliphatic rings. The lowest BCUT2D eigenvalue weighted by atomic mass is 9.77. The van der Waals surface area contributed by atoms with Gasteiger partial charge in [-0.1, -0.05) is 18.2 Å². The monoisotopic (exact) mass is 305 g/mol. The highest BCUT2D eigenvalue weighted by atomic mass is 32.1. The molecule has 2 rings (SSSR count). The first-order chi connectivity index (χ1) is 9.75. The molecule has 0 bridgehead atoms. The number of likely N-dealkylation sites (N-methyl/N-ethyl adjacent to an activating group) is 1. The highest BCUT2D eigenvalue weighted by Crippen LogP contribution is 2.38. The first-order valence-electron chi connectivity index (χ1n) is 7.25. The fourth-order valence-corrected chi connectivity index (χ4v) is 2.46. The maximum atomic E-state index is 6.13. The van der Waals surface area contributed by atoms with Crippen molar-refractivity contribution in [3.63, 3.8) is 0 Å². The zero-order chi connectivity index (χ0) is 15.7. The molecule has 0 spiro atoms. The fraction of sp³-hybridized carbons (Fsp3) is 0.500. The maximum absolute atomic E-state index is 6.13. The number of hydrogen-bond donors (Lipinski definition) is 2. The normalized spacial score (nSPS) is 20.9. The molecule has 1 aromatic rings. The van der Waals surface area contributed by atoms with Crippen molar-refractivity contribution in [3.05, 3.63) is 35.3 Å². The lowest BCUT2D eigenvalue weighted by Crippen LogP contribution is -2.41. The Bertz CT molecular complexity index is 527. The molecule has 0 aromatic heterocycles. The summed E-state index contributed by atoms with van der Waals surface area (Å²) in [4.78, 5) is 0.946. The highest BCUT2D eigenvalue weighted by Gasteiger charge is 2.52. The molecule has 1 aromatic carbocycles. The van der Waals surface area contributed by atoms with Gasteiger partial charge in [0.15, 0.2) is 0 Å². The van der Waals surface area contributed by atoms with Crippen LogP contribution in [0.15, 0.2) is 34.6 Å². The van der Waals surface area contributed by atoms with E-state index >= 15 is 0 Å². The molecule has 114 valence electrons. The summed E-state index contributed by atoms with van der Waals surface area (Å²) in [6, 6.07) is 8.05. The van der Waals surface area contributed by atoms with Crippen LogP contribution in [0, 0.1) is 0 Å². The van der Waals surface area contributed by atoms with Crippen molar-refractivity contribution < 1.29 is 9.31 Å². The lowest BCUT2D eigenvalue weighted by Gasteiger charge is -2.32. The number of benzene rings is 1. The van der Waals surface area contributed by atoms with E-state index in [1.54, 1.807) is 0 Å². The minimum absolute atomic E-state index is 0.324. The van der Waals surface area contributed by atoms with Gasteiger partial charge in [-0.15, -0.1) is 12.6 Å². The van der Waals surface area contributed by atoms with Crippen molar-refractivity contribution in [2.75, 3.05) is 13.6 Å². The molecule has 0 radical (unpaired) electrons. The van der Waals surface area contributed by atoms with Crippen LogP contribution in [0.3, 0.4) is 0 Å². The molecule has 1 heterocycles. The fourth-order valence-electron chi connectivity index (χ4n) is 2.23. The van der Waals surface area contributed by atoms with Gasteiger partial charge in [0.05, 0.1) is 11.2 Å². The van der Waals surface area contributed by atoms with E-state index in [1.165, 1.54) is 0 Å². The Hall–Kier alpha value is -0.745. The minimum Gasteiger partial charge on any atom is -0.400 e. The van der Waals surface area contributed by atoms with Crippen LogP contribution in [-0.4, -0.2) is 31.9 Å². The van der Waals surface area contributed by atoms with Crippen LogP contribution in [0.25, 0.3) is 6.08 Å². The summed E-state index contributed by atoms with van der Waals surface area (Å²) in [7, 11) is 1.60. The van der Waals surface area contributed by atoms with E-state index in [4.69, 9.17) is 9.31 Å². The molecule has 1 fully saturated rings. The van der Waals surface area contributed by atoms with Gasteiger partial charge in [0.2, 0.25) is 0 Å². The number of hydrogen-bond acceptors (Lipinski definition) is 4. The van der Waals surface area contributed by atoms with Gasteiger partial charge in [-0.3, -0.25) is 0 Å². The van der Waals surface area contributed by atoms with E-state index in [1.807, 2.05) is 25.2 Å². The summed E-state index contributed by atoms with van der Waals surface area (Å²) < 4.78 is 12.3. The van der Waals surface area contributed by atoms with Gasteiger partial charge in [-0.05, 0) is 57.9 Å². The van der Waals surface area contributed by atoms with Gasteiger partial charge in [-0.25, -0.2) is 0 Å². The van der Waals surface area contributed by atoms with Gasteiger partial charge in [-0.2, -0.15) is 0 Å². The van der Waals surface area contributed by atoms with E-state index in [-0.39, 0.29) is 18.3 Å². The quantitative estimate of drug-likeness (QED) is 0.661. The van der Waals surface area contributed by atoms with Crippen molar-refractivity contribution in [1.82, 2.24) is 5.32 Å². The van der Waals surface area contributed by atoms with Gasteiger partial charge in [0.1, 0.15) is 0 Å². The van der Waals surface area contributed by atoms with E-state index in [0.29, 0.717) is 6.54 Å². The van der Waals surface area contributed by atoms with Crippen LogP contribution in [0.2, 0.25) is 0 Å². The van der Waals surface area contributed by atoms with Gasteiger partial charge >= 0.3 is 7.12 Å². The molecule has 5 heteroatoms. The second-order valence-electron chi connectivity index (χ2n) is 6.43. The van der Waals surface area contributed by atoms with E-state index in [9.17, 15) is 0 Å². The second-order valence-corrected chi connectivity index (χ2v) is 6.95. The van der Waals surface area contributed by atoms with Crippen LogP contribution >= 0.6 is 12.6 Å². The molecular formula is C16H24BNO2S. The number of nitrogens with one attached hydrogen (secondary N) is 1. The van der Waals surface area contributed by atoms with E-state index in [2.05, 4.69) is 57.8 Å². The summed E-state index contributed by atoms with van der Waals surface area (Å²) in [5.74, 6) is 0. The second kappa shape index (κ2) is 6.17. The molecular weight excluding hydrogens is 281 g/mol. The van der Waals surface area contributed by atoms with Gasteiger partial charge in [0, 0.05) is 11.4 Å². The smallest absolute Gasteiger partial charge is 0.400 e. The summed E-state index contributed by atoms with van der Waals surface area (Å²) in [5, 5.41) is 3.19. The SMILES string of the molecule is CNCC(=Cc1cccc(S)c1)B1OC(C)(C)C(C)(C)O1. The number of rotatable bonds is 4. The molecule has 1 N–H and O–H groups in total. The average Bonchev–Trinajstić information content (AvgIpc) is 2.58. The molecule has 0 atom stereocenters. The van der Waals surface area contributed by atoms with Crippen molar-refractivity contribution in [2.24, 2.45) is 0 Å². The standard InChI is InChI=1S/C16H24BNO2S/c1-15(2)16(3,4)20-17(19-15)13(11-18-5)9-12-7-6-8-14(21)10-12/h6-10,18,21H,11H2,1-5H3. The van der Waals surface area contributed by atoms with E-state index < -0.39 is 0 Å². The molecule has 21 heavy (non-hydrogen) atoms. The zero-order valence-corrected chi connectivity index (χ0v) is 14.3. The average molecular weight is 305 g/mol. The summed E-state index contributed by atoms with van der Waals surface area (Å²) in [5.41, 5.74) is 1.53. The van der Waals surface area contributed by atoms with Crippen LogP contribution in [-0.2, 0) is 9.31 Å². The Morgan fingerprint density at radius 2 is 1.86 bits per heavy atom. The van der Waals surface area contributed by atoms with Crippen LogP contribution < -0.4 is 5.32 Å². The summed E-state index contributed by atoms with van der Waals surface area (Å²) in [6.07, 6.45) is 2.11. The first kappa shape index (κ1) is 16.6. The molecule has 1 aliphatic heterocycles. The zero-order valence-electron chi connectivity index (χ0n) is 13.4. The topological polar surface area (TPSA) is 30.5 Å². The lowest BCUT2D eigenvalue weighted by molar-refractivity contribution is 0.00578. The largest absolute Gasteiger partial charge is 0.491 e. The molecule has 0 saturated carbocycles. The summed E-state index contributed by atoms with van der Waals surface area (Å²) in [6.45, 7) is 8.99. The Kier molecular flexibility index (Phi) is 4.88. The third-order valence-corrected chi connectivity index (χ3v) is 4.44. The molecule has 0 unspecified atom stereocenters. The highest BCUT2D eigenvalue weighted by molar-refractivity contribution is 7.80. The van der Waals surface area contributed by atoms with Crippen molar-refractivity contribution >= 4 is 25.8 Å². The van der Waals surface area contributed by atoms with E-state index in [0.717, 1.165) is 15.9 Å². The van der Waals surface area contributed by atoms with Crippen LogP contribution in [0.5, 0.6) is 0 Å². The first-order valence-corrected chi connectivity index (χ1v) is 7.69. The third kappa shape index (κ3) is 3.72. The Morgan fingerprint density at radius 3 is 2.38 bits per heavy atom. The Morgan fingerprint density at radius 1 is 1.24 bits per heavy atom. The van der Waals surface area contributed by atoms with Crippen LogP contribution in [0.1, 0.15) is 33.3 Å². The molecule has 0 aliphatic carbocycles. The molecule has 1 saturated heterocycles.